The number of hydrogen-bond donors (Lipinski definition) is 2. The topological polar surface area (TPSA) is 61.4 Å². The van der Waals surface area contributed by atoms with Crippen molar-refractivity contribution in [3.63, 3.8) is 0 Å². The second-order valence-electron chi connectivity index (χ2n) is 4.81. The molecule has 1 unspecified atom stereocenters. The lowest BCUT2D eigenvalue weighted by molar-refractivity contribution is -0.130. The van der Waals surface area contributed by atoms with Crippen LogP contribution in [0.3, 0.4) is 0 Å². The highest BCUT2D eigenvalue weighted by Gasteiger charge is 2.25. The number of nitrogens with one attached hydrogen (secondary N) is 2. The number of amides is 2. The van der Waals surface area contributed by atoms with Crippen LogP contribution in [0.15, 0.2) is 22.7 Å². The van der Waals surface area contributed by atoms with Crippen molar-refractivity contribution < 1.29 is 9.59 Å². The van der Waals surface area contributed by atoms with Crippen LogP contribution in [0.1, 0.15) is 25.5 Å². The molecule has 0 aromatic heterocycles. The number of rotatable bonds is 4. The summed E-state index contributed by atoms with van der Waals surface area (Å²) in [4.78, 5) is 24.9. The summed E-state index contributed by atoms with van der Waals surface area (Å²) >= 11 is 3.45. The van der Waals surface area contributed by atoms with Gasteiger partial charge < -0.3 is 10.2 Å². The van der Waals surface area contributed by atoms with Crippen LogP contribution in [0, 0.1) is 0 Å². The Labute approximate surface area is 126 Å². The minimum atomic E-state index is -0.261. The van der Waals surface area contributed by atoms with Crippen LogP contribution in [0.25, 0.3) is 0 Å². The molecule has 5 nitrogen and oxygen atoms in total. The summed E-state index contributed by atoms with van der Waals surface area (Å²) in [5.41, 5.74) is 1.99. The fourth-order valence-electron chi connectivity index (χ4n) is 2.38. The van der Waals surface area contributed by atoms with Crippen molar-refractivity contribution in [2.45, 2.75) is 19.9 Å². The first kappa shape index (κ1) is 15.0. The lowest BCUT2D eigenvalue weighted by Crippen LogP contribution is -2.51. The number of benzene rings is 1. The molecule has 1 fully saturated rings. The van der Waals surface area contributed by atoms with Gasteiger partial charge in [0.15, 0.2) is 0 Å². The minimum absolute atomic E-state index is 0.156. The maximum atomic E-state index is 11.5. The molecule has 0 bridgehead atoms. The van der Waals surface area contributed by atoms with Crippen molar-refractivity contribution in [2.24, 2.45) is 0 Å². The van der Waals surface area contributed by atoms with Gasteiger partial charge >= 0.3 is 0 Å². The van der Waals surface area contributed by atoms with Gasteiger partial charge in [0.05, 0.1) is 13.1 Å². The number of hydrogen-bond acceptors (Lipinski definition) is 4. The predicted molar refractivity (Wildman–Crippen MR) is 81.6 cm³/mol. The van der Waals surface area contributed by atoms with Crippen LogP contribution in [0.5, 0.6) is 0 Å². The lowest BCUT2D eigenvalue weighted by Gasteiger charge is -2.31. The molecule has 0 radical (unpaired) electrons. The van der Waals surface area contributed by atoms with Crippen molar-refractivity contribution in [3.05, 3.63) is 28.2 Å². The van der Waals surface area contributed by atoms with Crippen molar-refractivity contribution in [2.75, 3.05) is 24.5 Å². The first-order chi connectivity index (χ1) is 9.51. The number of piperazine rings is 1. The Kier molecular flexibility index (Phi) is 4.77. The highest BCUT2D eigenvalue weighted by molar-refractivity contribution is 9.10. The van der Waals surface area contributed by atoms with E-state index in [1.807, 2.05) is 30.0 Å². The summed E-state index contributed by atoms with van der Waals surface area (Å²) in [5, 5.41) is 5.68. The summed E-state index contributed by atoms with van der Waals surface area (Å²) in [6.07, 6.45) is 0. The van der Waals surface area contributed by atoms with Crippen molar-refractivity contribution in [3.8, 4) is 0 Å². The van der Waals surface area contributed by atoms with Gasteiger partial charge in [-0.05, 0) is 31.2 Å². The third-order valence-electron chi connectivity index (χ3n) is 3.26. The van der Waals surface area contributed by atoms with Crippen LogP contribution < -0.4 is 15.5 Å². The number of carbonyl (C=O) groups excluding carboxylic acids is 2. The molecule has 1 aliphatic rings. The van der Waals surface area contributed by atoms with Gasteiger partial charge in [-0.25, -0.2) is 0 Å². The largest absolute Gasteiger partial charge is 0.353 e. The molecule has 1 atom stereocenters. The van der Waals surface area contributed by atoms with Gasteiger partial charge in [0.2, 0.25) is 11.8 Å². The molecule has 1 heterocycles. The molecule has 2 N–H and O–H groups in total. The molecule has 2 rings (SSSR count). The zero-order valence-electron chi connectivity index (χ0n) is 11.6. The van der Waals surface area contributed by atoms with E-state index in [-0.39, 0.29) is 30.9 Å². The summed E-state index contributed by atoms with van der Waals surface area (Å²) in [5.74, 6) is -0.522. The lowest BCUT2D eigenvalue weighted by atomic mass is 10.0. The van der Waals surface area contributed by atoms with Gasteiger partial charge in [-0.1, -0.05) is 28.9 Å². The highest BCUT2D eigenvalue weighted by atomic mass is 79.9. The summed E-state index contributed by atoms with van der Waals surface area (Å²) in [6.45, 7) is 5.38. The zero-order valence-corrected chi connectivity index (χ0v) is 13.2. The molecule has 20 heavy (non-hydrogen) atoms. The highest BCUT2D eigenvalue weighted by Crippen LogP contribution is 2.30. The van der Waals surface area contributed by atoms with Crippen LogP contribution >= 0.6 is 15.9 Å². The summed E-state index contributed by atoms with van der Waals surface area (Å²) < 4.78 is 0.929. The van der Waals surface area contributed by atoms with E-state index in [1.165, 1.54) is 0 Å². The van der Waals surface area contributed by atoms with E-state index < -0.39 is 0 Å². The number of carbonyl (C=O) groups is 2. The summed E-state index contributed by atoms with van der Waals surface area (Å²) in [7, 11) is 0. The second kappa shape index (κ2) is 6.37. The van der Waals surface area contributed by atoms with E-state index in [0.717, 1.165) is 22.3 Å². The van der Waals surface area contributed by atoms with Gasteiger partial charge in [-0.3, -0.25) is 14.9 Å². The molecule has 1 aromatic rings. The molecule has 0 aliphatic carbocycles. The van der Waals surface area contributed by atoms with E-state index in [1.54, 1.807) is 0 Å². The average molecular weight is 340 g/mol. The maximum absolute atomic E-state index is 11.5. The number of imide groups is 1. The average Bonchev–Trinajstić information content (AvgIpc) is 2.37. The van der Waals surface area contributed by atoms with Gasteiger partial charge in [0, 0.05) is 16.2 Å². The van der Waals surface area contributed by atoms with Crippen molar-refractivity contribution >= 4 is 33.4 Å². The van der Waals surface area contributed by atoms with E-state index in [4.69, 9.17) is 0 Å². The first-order valence-electron chi connectivity index (χ1n) is 6.61. The molecule has 2 amide bonds. The molecular formula is C14H18BrN3O2. The van der Waals surface area contributed by atoms with E-state index in [9.17, 15) is 9.59 Å². The Bertz CT molecular complexity index is 517. The maximum Gasteiger partial charge on any atom is 0.246 e. The van der Waals surface area contributed by atoms with E-state index in [2.05, 4.69) is 33.5 Å². The van der Waals surface area contributed by atoms with Gasteiger partial charge in [0.25, 0.3) is 0 Å². The Morgan fingerprint density at radius 2 is 2.00 bits per heavy atom. The van der Waals surface area contributed by atoms with Gasteiger partial charge in [-0.2, -0.15) is 0 Å². The van der Waals surface area contributed by atoms with Gasteiger partial charge in [0.1, 0.15) is 0 Å². The Hall–Kier alpha value is -1.40. The second-order valence-corrected chi connectivity index (χ2v) is 5.73. The van der Waals surface area contributed by atoms with Crippen LogP contribution in [-0.2, 0) is 9.59 Å². The number of halogens is 1. The third kappa shape index (κ3) is 3.37. The fraction of sp³-hybridized carbons (Fsp3) is 0.429. The molecule has 0 spiro atoms. The number of nitrogens with zero attached hydrogens (tertiary/aromatic N) is 1. The predicted octanol–water partition coefficient (Wildman–Crippen LogP) is 1.58. The Balaban J connectivity index is 2.35. The summed E-state index contributed by atoms with van der Waals surface area (Å²) in [6, 6.07) is 6.10. The van der Waals surface area contributed by atoms with Crippen LogP contribution in [0.4, 0.5) is 5.69 Å². The normalized spacial score (nSPS) is 17.1. The molecule has 1 aromatic carbocycles. The molecule has 0 saturated carbocycles. The quantitative estimate of drug-likeness (QED) is 0.817. The van der Waals surface area contributed by atoms with Crippen molar-refractivity contribution in [1.82, 2.24) is 10.6 Å². The SMILES string of the molecule is CCNC(C)c1ccc(Br)cc1N1CC(=O)NC(=O)C1. The monoisotopic (exact) mass is 339 g/mol. The molecule has 6 heteroatoms. The van der Waals surface area contributed by atoms with Gasteiger partial charge in [-0.15, -0.1) is 0 Å². The molecule has 108 valence electrons. The molecular weight excluding hydrogens is 322 g/mol. The van der Waals surface area contributed by atoms with E-state index in [0.29, 0.717) is 0 Å². The zero-order chi connectivity index (χ0) is 14.7. The Morgan fingerprint density at radius 1 is 1.35 bits per heavy atom. The van der Waals surface area contributed by atoms with Crippen LogP contribution in [-0.4, -0.2) is 31.4 Å². The number of anilines is 1. The molecule has 1 saturated heterocycles. The standard InChI is InChI=1S/C14H18BrN3O2/c1-3-16-9(2)11-5-4-10(15)6-12(11)18-7-13(19)17-14(20)8-18/h4-6,9,16H,3,7-8H2,1-2H3,(H,17,19,20). The fourth-order valence-corrected chi connectivity index (χ4v) is 2.73. The third-order valence-corrected chi connectivity index (χ3v) is 3.75. The smallest absolute Gasteiger partial charge is 0.246 e. The minimum Gasteiger partial charge on any atom is -0.353 e. The van der Waals surface area contributed by atoms with Crippen LogP contribution in [0.2, 0.25) is 0 Å². The van der Waals surface area contributed by atoms with Crippen molar-refractivity contribution in [1.29, 1.82) is 0 Å². The first-order valence-corrected chi connectivity index (χ1v) is 7.41. The molecule has 1 aliphatic heterocycles. The Morgan fingerprint density at radius 3 is 2.60 bits per heavy atom. The van der Waals surface area contributed by atoms with E-state index >= 15 is 0 Å².